The van der Waals surface area contributed by atoms with Gasteiger partial charge < -0.3 is 19.3 Å². The van der Waals surface area contributed by atoms with E-state index in [2.05, 4.69) is 31.5 Å². The average molecular weight is 348 g/mol. The second-order valence-electron chi connectivity index (χ2n) is 5.32. The zero-order valence-electron chi connectivity index (χ0n) is 13.8. The molecule has 0 unspecified atom stereocenters. The molecule has 2 aromatic rings. The zero-order chi connectivity index (χ0) is 16.9. The summed E-state index contributed by atoms with van der Waals surface area (Å²) in [6.45, 7) is 5.47. The number of carbonyl (C=O) groups excluding carboxylic acids is 1. The number of hydrogen-bond donors (Lipinski definition) is 0. The van der Waals surface area contributed by atoms with Crippen LogP contribution >= 0.6 is 11.5 Å². The first-order chi connectivity index (χ1) is 11.7. The Morgan fingerprint density at radius 3 is 2.46 bits per heavy atom. The van der Waals surface area contributed by atoms with Crippen LogP contribution in [0.2, 0.25) is 0 Å². The molecule has 2 heterocycles. The van der Waals surface area contributed by atoms with E-state index in [1.165, 1.54) is 17.2 Å². The van der Waals surface area contributed by atoms with Crippen molar-refractivity contribution in [1.82, 2.24) is 9.59 Å². The number of esters is 1. The Morgan fingerprint density at radius 2 is 1.83 bits per heavy atom. The molecule has 3 rings (SSSR count). The minimum Gasteiger partial charge on any atom is -0.497 e. The molecule has 0 spiro atoms. The fourth-order valence-electron chi connectivity index (χ4n) is 2.68. The molecule has 0 radical (unpaired) electrons. The van der Waals surface area contributed by atoms with Gasteiger partial charge in [0.15, 0.2) is 0 Å². The molecule has 128 valence electrons. The largest absolute Gasteiger partial charge is 0.497 e. The Hall–Kier alpha value is -2.35. The van der Waals surface area contributed by atoms with Crippen molar-refractivity contribution < 1.29 is 14.3 Å². The number of ether oxygens (including phenoxy) is 2. The molecule has 1 aliphatic heterocycles. The van der Waals surface area contributed by atoms with Gasteiger partial charge in [-0.1, -0.05) is 4.49 Å². The molecular weight excluding hydrogens is 328 g/mol. The monoisotopic (exact) mass is 348 g/mol. The summed E-state index contributed by atoms with van der Waals surface area (Å²) < 4.78 is 14.2. The summed E-state index contributed by atoms with van der Waals surface area (Å²) in [5.41, 5.74) is 1.49. The van der Waals surface area contributed by atoms with Gasteiger partial charge in [0.2, 0.25) is 5.69 Å². The van der Waals surface area contributed by atoms with Gasteiger partial charge in [-0.3, -0.25) is 0 Å². The van der Waals surface area contributed by atoms with Crippen LogP contribution in [0.1, 0.15) is 17.4 Å². The number of rotatable bonds is 5. The van der Waals surface area contributed by atoms with Crippen LogP contribution < -0.4 is 14.5 Å². The molecule has 0 atom stereocenters. The van der Waals surface area contributed by atoms with Crippen molar-refractivity contribution in [1.29, 1.82) is 0 Å². The Kier molecular flexibility index (Phi) is 5.14. The van der Waals surface area contributed by atoms with E-state index in [0.29, 0.717) is 12.3 Å². The third-order valence-corrected chi connectivity index (χ3v) is 4.73. The second kappa shape index (κ2) is 7.48. The molecule has 1 aromatic heterocycles. The lowest BCUT2D eigenvalue weighted by Gasteiger charge is -2.36. The molecular formula is C16H20N4O3S. The van der Waals surface area contributed by atoms with Crippen molar-refractivity contribution in [2.24, 2.45) is 0 Å². The van der Waals surface area contributed by atoms with Gasteiger partial charge in [-0.15, -0.1) is 5.10 Å². The van der Waals surface area contributed by atoms with Crippen molar-refractivity contribution in [3.8, 4) is 5.75 Å². The Labute approximate surface area is 144 Å². The topological polar surface area (TPSA) is 67.8 Å². The smallest absolute Gasteiger partial charge is 0.362 e. The molecule has 0 aliphatic carbocycles. The third-order valence-electron chi connectivity index (χ3n) is 3.94. The summed E-state index contributed by atoms with van der Waals surface area (Å²) >= 11 is 1.24. The summed E-state index contributed by atoms with van der Waals surface area (Å²) in [5.74, 6) is 0.450. The van der Waals surface area contributed by atoms with E-state index in [-0.39, 0.29) is 0 Å². The first kappa shape index (κ1) is 16.5. The fourth-order valence-corrected chi connectivity index (χ4v) is 3.39. The van der Waals surface area contributed by atoms with Crippen LogP contribution in [0.3, 0.4) is 0 Å². The van der Waals surface area contributed by atoms with Gasteiger partial charge in [-0.25, -0.2) is 4.79 Å². The van der Waals surface area contributed by atoms with E-state index in [1.54, 1.807) is 14.0 Å². The Balaban J connectivity index is 1.65. The Morgan fingerprint density at radius 1 is 1.17 bits per heavy atom. The van der Waals surface area contributed by atoms with Crippen LogP contribution in [0, 0.1) is 0 Å². The first-order valence-corrected chi connectivity index (χ1v) is 8.63. The highest BCUT2D eigenvalue weighted by molar-refractivity contribution is 7.10. The maximum absolute atomic E-state index is 11.9. The van der Waals surface area contributed by atoms with Crippen molar-refractivity contribution in [2.45, 2.75) is 6.92 Å². The van der Waals surface area contributed by atoms with Gasteiger partial charge >= 0.3 is 5.97 Å². The van der Waals surface area contributed by atoms with Crippen LogP contribution in [0.25, 0.3) is 0 Å². The number of piperazine rings is 1. The molecule has 1 aromatic carbocycles. The first-order valence-electron chi connectivity index (χ1n) is 7.86. The molecule has 0 amide bonds. The molecule has 1 aliphatic rings. The number of nitrogens with zero attached hydrogens (tertiary/aromatic N) is 4. The van der Waals surface area contributed by atoms with E-state index >= 15 is 0 Å². The third kappa shape index (κ3) is 3.43. The number of carbonyl (C=O) groups is 1. The van der Waals surface area contributed by atoms with Gasteiger partial charge in [0.05, 0.1) is 13.7 Å². The van der Waals surface area contributed by atoms with Crippen LogP contribution in [-0.4, -0.2) is 55.5 Å². The van der Waals surface area contributed by atoms with Crippen molar-refractivity contribution in [2.75, 3.05) is 49.7 Å². The Bertz CT molecular complexity index is 681. The molecule has 8 heteroatoms. The number of benzene rings is 1. The van der Waals surface area contributed by atoms with Crippen LogP contribution in [0.15, 0.2) is 24.3 Å². The lowest BCUT2D eigenvalue weighted by molar-refractivity contribution is 0.0520. The quantitative estimate of drug-likeness (QED) is 0.766. The maximum Gasteiger partial charge on any atom is 0.362 e. The van der Waals surface area contributed by atoms with Crippen molar-refractivity contribution in [3.63, 3.8) is 0 Å². The highest BCUT2D eigenvalue weighted by atomic mass is 32.1. The number of anilines is 2. The van der Waals surface area contributed by atoms with Crippen LogP contribution in [-0.2, 0) is 4.74 Å². The molecule has 24 heavy (non-hydrogen) atoms. The van der Waals surface area contributed by atoms with Gasteiger partial charge in [-0.05, 0) is 31.2 Å². The minimum absolute atomic E-state index is 0.319. The average Bonchev–Trinajstić information content (AvgIpc) is 3.12. The van der Waals surface area contributed by atoms with E-state index in [0.717, 1.165) is 36.9 Å². The van der Waals surface area contributed by atoms with Crippen molar-refractivity contribution >= 4 is 28.2 Å². The van der Waals surface area contributed by atoms with Gasteiger partial charge in [0.1, 0.15) is 10.8 Å². The predicted molar refractivity (Wildman–Crippen MR) is 93.3 cm³/mol. The molecule has 0 N–H and O–H groups in total. The summed E-state index contributed by atoms with van der Waals surface area (Å²) in [6, 6.07) is 8.06. The number of methoxy groups -OCH3 is 1. The highest BCUT2D eigenvalue weighted by Gasteiger charge is 2.25. The lowest BCUT2D eigenvalue weighted by Crippen LogP contribution is -2.46. The number of aromatic nitrogens is 2. The molecule has 1 fully saturated rings. The summed E-state index contributed by atoms with van der Waals surface area (Å²) in [7, 11) is 1.66. The number of hydrogen-bond acceptors (Lipinski definition) is 8. The van der Waals surface area contributed by atoms with Crippen LogP contribution in [0.4, 0.5) is 10.7 Å². The normalized spacial score (nSPS) is 14.6. The van der Waals surface area contributed by atoms with E-state index in [4.69, 9.17) is 9.47 Å². The van der Waals surface area contributed by atoms with Crippen LogP contribution in [0.5, 0.6) is 5.75 Å². The van der Waals surface area contributed by atoms with E-state index < -0.39 is 5.97 Å². The summed E-state index contributed by atoms with van der Waals surface area (Å²) in [4.78, 5) is 16.4. The van der Waals surface area contributed by atoms with Gasteiger partial charge in [0.25, 0.3) is 0 Å². The molecule has 7 nitrogen and oxygen atoms in total. The standard InChI is InChI=1S/C16H20N4O3S/c1-3-23-16(21)14-15(24-18-17-14)20-10-8-19(9-11-20)12-4-6-13(22-2)7-5-12/h4-7H,3,8-11H2,1-2H3. The van der Waals surface area contributed by atoms with E-state index in [9.17, 15) is 4.79 Å². The second-order valence-corrected chi connectivity index (χ2v) is 6.05. The lowest BCUT2D eigenvalue weighted by atomic mass is 10.2. The van der Waals surface area contributed by atoms with Crippen molar-refractivity contribution in [3.05, 3.63) is 30.0 Å². The fraction of sp³-hybridized carbons (Fsp3) is 0.438. The maximum atomic E-state index is 11.9. The van der Waals surface area contributed by atoms with Gasteiger partial charge in [0, 0.05) is 43.4 Å². The zero-order valence-corrected chi connectivity index (χ0v) is 14.6. The molecule has 0 saturated carbocycles. The summed E-state index contributed by atoms with van der Waals surface area (Å²) in [5, 5.41) is 4.73. The van der Waals surface area contributed by atoms with Gasteiger partial charge in [-0.2, -0.15) is 0 Å². The SMILES string of the molecule is CCOC(=O)c1nnsc1N1CCN(c2ccc(OC)cc2)CC1. The minimum atomic E-state index is -0.404. The predicted octanol–water partition coefficient (Wildman–Crippen LogP) is 2.05. The highest BCUT2D eigenvalue weighted by Crippen LogP contribution is 2.27. The summed E-state index contributed by atoms with van der Waals surface area (Å²) in [6.07, 6.45) is 0. The molecule has 0 bridgehead atoms. The van der Waals surface area contributed by atoms with E-state index in [1.807, 2.05) is 12.1 Å². The molecule has 1 saturated heterocycles.